The average molecular weight is 182 g/mol. The molecule has 2 aliphatic heterocycles. The van der Waals surface area contributed by atoms with E-state index in [0.717, 1.165) is 32.8 Å². The van der Waals surface area contributed by atoms with E-state index < -0.39 is 0 Å². The Balaban J connectivity index is 1.83. The third-order valence-electron chi connectivity index (χ3n) is 2.73. The molecular formula is C10H18N2O. The number of nitrogens with zero attached hydrogens (tertiary/aromatic N) is 1. The minimum atomic E-state index is 0.568. The maximum atomic E-state index is 5.34. The second-order valence-corrected chi connectivity index (χ2v) is 3.62. The fourth-order valence-corrected chi connectivity index (χ4v) is 1.96. The molecule has 3 nitrogen and oxygen atoms in total. The highest BCUT2D eigenvalue weighted by molar-refractivity contribution is 4.90. The van der Waals surface area contributed by atoms with Crippen molar-refractivity contribution in [2.45, 2.75) is 19.0 Å². The lowest BCUT2D eigenvalue weighted by Crippen LogP contribution is -2.50. The molecule has 0 saturated carbocycles. The van der Waals surface area contributed by atoms with Gasteiger partial charge in [-0.15, -0.1) is 0 Å². The van der Waals surface area contributed by atoms with Crippen molar-refractivity contribution in [3.63, 3.8) is 0 Å². The number of hydrogen-bond acceptors (Lipinski definition) is 3. The van der Waals surface area contributed by atoms with Crippen LogP contribution < -0.4 is 5.32 Å². The summed E-state index contributed by atoms with van der Waals surface area (Å²) < 4.78 is 5.34. The Kier molecular flexibility index (Phi) is 3.35. The molecule has 13 heavy (non-hydrogen) atoms. The van der Waals surface area contributed by atoms with Crippen molar-refractivity contribution in [2.75, 3.05) is 32.8 Å². The summed E-state index contributed by atoms with van der Waals surface area (Å²) in [6, 6.07) is 0. The van der Waals surface area contributed by atoms with Crippen LogP contribution >= 0.6 is 0 Å². The summed E-state index contributed by atoms with van der Waals surface area (Å²) in [5.74, 6) is 0. The van der Waals surface area contributed by atoms with Gasteiger partial charge in [-0.3, -0.25) is 10.2 Å². The molecule has 0 amide bonds. The van der Waals surface area contributed by atoms with Crippen molar-refractivity contribution >= 4 is 0 Å². The molecule has 1 unspecified atom stereocenters. The Hall–Kier alpha value is -0.380. The van der Waals surface area contributed by atoms with Gasteiger partial charge in [-0.2, -0.15) is 0 Å². The topological polar surface area (TPSA) is 24.5 Å². The molecule has 0 aliphatic carbocycles. The Morgan fingerprint density at radius 3 is 2.92 bits per heavy atom. The van der Waals surface area contributed by atoms with Crippen LogP contribution in [-0.2, 0) is 4.74 Å². The normalized spacial score (nSPS) is 31.5. The molecule has 1 fully saturated rings. The molecule has 0 radical (unpaired) electrons. The van der Waals surface area contributed by atoms with Gasteiger partial charge >= 0.3 is 0 Å². The van der Waals surface area contributed by atoms with Crippen LogP contribution in [0.1, 0.15) is 12.8 Å². The molecule has 3 heteroatoms. The van der Waals surface area contributed by atoms with Gasteiger partial charge < -0.3 is 4.74 Å². The van der Waals surface area contributed by atoms with Gasteiger partial charge in [0.15, 0.2) is 0 Å². The molecule has 0 bridgehead atoms. The smallest absolute Gasteiger partial charge is 0.0604 e. The first kappa shape index (κ1) is 9.19. The first-order valence-corrected chi connectivity index (χ1v) is 5.17. The van der Waals surface area contributed by atoms with Gasteiger partial charge in [0.25, 0.3) is 0 Å². The largest absolute Gasteiger partial charge is 0.379 e. The lowest BCUT2D eigenvalue weighted by molar-refractivity contribution is 0.00832. The summed E-state index contributed by atoms with van der Waals surface area (Å²) in [6.45, 7) is 4.97. The van der Waals surface area contributed by atoms with E-state index >= 15 is 0 Å². The fourth-order valence-electron chi connectivity index (χ4n) is 1.96. The highest BCUT2D eigenvalue weighted by Gasteiger charge is 2.19. The van der Waals surface area contributed by atoms with Gasteiger partial charge in [0.2, 0.25) is 0 Å². The maximum Gasteiger partial charge on any atom is 0.0604 e. The van der Waals surface area contributed by atoms with Crippen LogP contribution in [-0.4, -0.2) is 43.9 Å². The molecule has 0 aromatic rings. The molecule has 0 spiro atoms. The fraction of sp³-hybridized carbons (Fsp3) is 0.800. The summed E-state index contributed by atoms with van der Waals surface area (Å²) in [7, 11) is 0. The predicted octanol–water partition coefficient (Wildman–Crippen LogP) is 0.584. The Morgan fingerprint density at radius 1 is 1.23 bits per heavy atom. The van der Waals surface area contributed by atoms with Crippen molar-refractivity contribution in [3.05, 3.63) is 12.2 Å². The Morgan fingerprint density at radius 2 is 2.08 bits per heavy atom. The van der Waals surface area contributed by atoms with Crippen molar-refractivity contribution < 1.29 is 4.74 Å². The van der Waals surface area contributed by atoms with Crippen LogP contribution in [0.3, 0.4) is 0 Å². The lowest BCUT2D eigenvalue weighted by Gasteiger charge is -2.34. The van der Waals surface area contributed by atoms with Crippen LogP contribution in [0.2, 0.25) is 0 Å². The highest BCUT2D eigenvalue weighted by Crippen LogP contribution is 2.09. The van der Waals surface area contributed by atoms with E-state index in [1.165, 1.54) is 12.8 Å². The van der Waals surface area contributed by atoms with Crippen molar-refractivity contribution in [1.82, 2.24) is 10.2 Å². The van der Waals surface area contributed by atoms with Crippen molar-refractivity contribution in [3.8, 4) is 0 Å². The van der Waals surface area contributed by atoms with E-state index in [4.69, 9.17) is 4.74 Å². The third kappa shape index (κ3) is 2.53. The number of morpholine rings is 1. The predicted molar refractivity (Wildman–Crippen MR) is 52.6 cm³/mol. The van der Waals surface area contributed by atoms with E-state index in [0.29, 0.717) is 6.17 Å². The molecule has 0 aromatic heterocycles. The van der Waals surface area contributed by atoms with E-state index in [1.54, 1.807) is 0 Å². The van der Waals surface area contributed by atoms with Crippen LogP contribution in [0.15, 0.2) is 12.2 Å². The van der Waals surface area contributed by atoms with Crippen molar-refractivity contribution in [1.29, 1.82) is 0 Å². The molecule has 74 valence electrons. The van der Waals surface area contributed by atoms with Gasteiger partial charge in [-0.05, 0) is 12.8 Å². The van der Waals surface area contributed by atoms with Gasteiger partial charge in [0, 0.05) is 19.6 Å². The molecule has 1 atom stereocenters. The quantitative estimate of drug-likeness (QED) is 0.600. The summed E-state index contributed by atoms with van der Waals surface area (Å²) in [4.78, 5) is 2.50. The zero-order valence-electron chi connectivity index (χ0n) is 8.04. The molecular weight excluding hydrogens is 164 g/mol. The third-order valence-corrected chi connectivity index (χ3v) is 2.73. The second-order valence-electron chi connectivity index (χ2n) is 3.62. The molecule has 1 N–H and O–H groups in total. The summed E-state index contributed by atoms with van der Waals surface area (Å²) in [5.41, 5.74) is 0. The summed E-state index contributed by atoms with van der Waals surface area (Å²) in [5, 5.41) is 3.53. The molecule has 1 saturated heterocycles. The zero-order valence-corrected chi connectivity index (χ0v) is 8.04. The van der Waals surface area contributed by atoms with E-state index in [-0.39, 0.29) is 0 Å². The number of rotatable bonds is 1. The van der Waals surface area contributed by atoms with Crippen molar-refractivity contribution in [2.24, 2.45) is 0 Å². The zero-order chi connectivity index (χ0) is 8.93. The minimum absolute atomic E-state index is 0.568. The minimum Gasteiger partial charge on any atom is -0.379 e. The van der Waals surface area contributed by atoms with Gasteiger partial charge in [-0.25, -0.2) is 0 Å². The molecule has 0 aromatic carbocycles. The van der Waals surface area contributed by atoms with Gasteiger partial charge in [0.05, 0.1) is 19.4 Å². The van der Waals surface area contributed by atoms with Crippen LogP contribution in [0.5, 0.6) is 0 Å². The first-order chi connectivity index (χ1) is 6.47. The number of allylic oxidation sites excluding steroid dienone is 1. The molecule has 2 aliphatic rings. The van der Waals surface area contributed by atoms with Gasteiger partial charge in [0.1, 0.15) is 0 Å². The van der Waals surface area contributed by atoms with Crippen LogP contribution in [0.4, 0.5) is 0 Å². The second kappa shape index (κ2) is 4.74. The first-order valence-electron chi connectivity index (χ1n) is 5.17. The molecule has 2 rings (SSSR count). The summed E-state index contributed by atoms with van der Waals surface area (Å²) >= 11 is 0. The van der Waals surface area contributed by atoms with Gasteiger partial charge in [-0.1, -0.05) is 12.2 Å². The summed E-state index contributed by atoms with van der Waals surface area (Å²) in [6.07, 6.45) is 7.50. The van der Waals surface area contributed by atoms with Crippen LogP contribution in [0, 0.1) is 0 Å². The van der Waals surface area contributed by atoms with Crippen LogP contribution in [0.25, 0.3) is 0 Å². The molecule has 2 heterocycles. The van der Waals surface area contributed by atoms with E-state index in [9.17, 15) is 0 Å². The van der Waals surface area contributed by atoms with E-state index in [2.05, 4.69) is 22.4 Å². The Labute approximate surface area is 79.7 Å². The van der Waals surface area contributed by atoms with E-state index in [1.807, 2.05) is 0 Å². The number of hydrogen-bond donors (Lipinski definition) is 1. The monoisotopic (exact) mass is 182 g/mol. The number of ether oxygens (including phenoxy) is 1. The Bertz CT molecular complexity index is 166. The lowest BCUT2D eigenvalue weighted by atomic mass is 10.2. The number of nitrogens with one attached hydrogen (secondary N) is 1. The maximum absolute atomic E-state index is 5.34. The SMILES string of the molecule is C1=CCNC(N2CCOCC2)CC1. The standard InChI is InChI=1S/C10H18N2O/c1-2-4-10(11-5-3-1)12-6-8-13-9-7-12/h1,3,10-11H,2,4-9H2. The average Bonchev–Trinajstić information content (AvgIpc) is 2.47. The highest BCUT2D eigenvalue weighted by atomic mass is 16.5.